The second-order valence-corrected chi connectivity index (χ2v) is 3.23. The zero-order valence-electron chi connectivity index (χ0n) is 8.38. The van der Waals surface area contributed by atoms with Crippen LogP contribution in [-0.2, 0) is 13.0 Å². The lowest BCUT2D eigenvalue weighted by Gasteiger charge is -2.01. The van der Waals surface area contributed by atoms with Crippen LogP contribution < -0.4 is 0 Å². The van der Waals surface area contributed by atoms with Crippen LogP contribution in [0.15, 0.2) is 22.9 Å². The van der Waals surface area contributed by atoms with Gasteiger partial charge in [-0.2, -0.15) is 4.98 Å². The largest absolute Gasteiger partial charge is 0.345 e. The number of carbonyl (C=O) groups is 1. The fourth-order valence-corrected chi connectivity index (χ4v) is 1.40. The van der Waals surface area contributed by atoms with Crippen molar-refractivity contribution in [2.75, 3.05) is 0 Å². The number of aromatic nitrogens is 3. The summed E-state index contributed by atoms with van der Waals surface area (Å²) in [5.74, 6) is 1.23. The molecule has 0 saturated heterocycles. The van der Waals surface area contributed by atoms with Crippen molar-refractivity contribution in [1.82, 2.24) is 14.7 Å². The van der Waals surface area contributed by atoms with Crippen LogP contribution in [0.4, 0.5) is 0 Å². The summed E-state index contributed by atoms with van der Waals surface area (Å²) in [6.07, 6.45) is 3.32. The fraction of sp³-hybridized carbons (Fsp3) is 0.300. The molecular formula is C10H11N3O2. The summed E-state index contributed by atoms with van der Waals surface area (Å²) in [6, 6.07) is 3.61. The Kier molecular flexibility index (Phi) is 2.62. The first-order chi connectivity index (χ1) is 7.29. The van der Waals surface area contributed by atoms with Gasteiger partial charge in [-0.15, -0.1) is 0 Å². The van der Waals surface area contributed by atoms with Crippen LogP contribution in [0.5, 0.6) is 0 Å². The highest BCUT2D eigenvalue weighted by molar-refractivity contribution is 5.72. The number of hydrogen-bond acceptors (Lipinski definition) is 4. The van der Waals surface area contributed by atoms with Gasteiger partial charge >= 0.3 is 0 Å². The van der Waals surface area contributed by atoms with E-state index < -0.39 is 0 Å². The molecule has 0 N–H and O–H groups in total. The molecule has 5 nitrogen and oxygen atoms in total. The SMILES string of the molecule is Cc1noc(CCn2cccc2C=O)n1. The van der Waals surface area contributed by atoms with E-state index in [1.165, 1.54) is 0 Å². The Morgan fingerprint density at radius 1 is 1.60 bits per heavy atom. The van der Waals surface area contributed by atoms with Crippen LogP contribution in [0.25, 0.3) is 0 Å². The van der Waals surface area contributed by atoms with Crippen LogP contribution in [0.3, 0.4) is 0 Å². The predicted molar refractivity (Wildman–Crippen MR) is 52.6 cm³/mol. The molecular weight excluding hydrogens is 194 g/mol. The minimum atomic E-state index is 0.595. The van der Waals surface area contributed by atoms with E-state index in [9.17, 15) is 4.79 Å². The van der Waals surface area contributed by atoms with Gasteiger partial charge < -0.3 is 9.09 Å². The lowest BCUT2D eigenvalue weighted by molar-refractivity contribution is 0.111. The van der Waals surface area contributed by atoms with Gasteiger partial charge in [-0.3, -0.25) is 4.79 Å². The Morgan fingerprint density at radius 3 is 3.13 bits per heavy atom. The number of aldehydes is 1. The van der Waals surface area contributed by atoms with Gasteiger partial charge in [-0.1, -0.05) is 5.16 Å². The molecule has 0 aliphatic carbocycles. The van der Waals surface area contributed by atoms with E-state index >= 15 is 0 Å². The normalized spacial score (nSPS) is 10.5. The van der Waals surface area contributed by atoms with Crippen LogP contribution in [0.1, 0.15) is 22.2 Å². The summed E-state index contributed by atoms with van der Waals surface area (Å²) in [5, 5.41) is 3.69. The quantitative estimate of drug-likeness (QED) is 0.704. The number of nitrogens with zero attached hydrogens (tertiary/aromatic N) is 3. The molecule has 5 heteroatoms. The smallest absolute Gasteiger partial charge is 0.228 e. The van der Waals surface area contributed by atoms with Crippen LogP contribution in [0.2, 0.25) is 0 Å². The van der Waals surface area contributed by atoms with Crippen molar-refractivity contribution >= 4 is 6.29 Å². The summed E-state index contributed by atoms with van der Waals surface area (Å²) >= 11 is 0. The van der Waals surface area contributed by atoms with E-state index in [0.717, 1.165) is 6.29 Å². The zero-order chi connectivity index (χ0) is 10.7. The Hall–Kier alpha value is -1.91. The molecule has 0 aliphatic rings. The van der Waals surface area contributed by atoms with Crippen molar-refractivity contribution in [3.8, 4) is 0 Å². The molecule has 0 fully saturated rings. The average Bonchev–Trinajstić information content (AvgIpc) is 2.83. The molecule has 0 saturated carbocycles. The molecule has 0 amide bonds. The molecule has 78 valence electrons. The molecule has 2 heterocycles. The summed E-state index contributed by atoms with van der Waals surface area (Å²) in [5.41, 5.74) is 0.659. The van der Waals surface area contributed by atoms with Crippen molar-refractivity contribution in [2.24, 2.45) is 0 Å². The molecule has 0 unspecified atom stereocenters. The highest BCUT2D eigenvalue weighted by Gasteiger charge is 2.04. The highest BCUT2D eigenvalue weighted by atomic mass is 16.5. The maximum absolute atomic E-state index is 10.6. The summed E-state index contributed by atoms with van der Waals surface area (Å²) < 4.78 is 6.83. The van der Waals surface area contributed by atoms with Gasteiger partial charge in [0.15, 0.2) is 12.1 Å². The maximum atomic E-state index is 10.6. The molecule has 2 aromatic rings. The number of hydrogen-bond donors (Lipinski definition) is 0. The molecule has 0 aromatic carbocycles. The third kappa shape index (κ3) is 2.12. The Labute approximate surface area is 86.7 Å². The van der Waals surface area contributed by atoms with Gasteiger partial charge in [-0.05, 0) is 19.1 Å². The first-order valence-electron chi connectivity index (χ1n) is 4.69. The average molecular weight is 205 g/mol. The molecule has 2 aromatic heterocycles. The van der Waals surface area contributed by atoms with Gasteiger partial charge in [0.2, 0.25) is 5.89 Å². The third-order valence-corrected chi connectivity index (χ3v) is 2.12. The fourth-order valence-electron chi connectivity index (χ4n) is 1.40. The Bertz CT molecular complexity index is 459. The lowest BCUT2D eigenvalue weighted by Crippen LogP contribution is -2.03. The maximum Gasteiger partial charge on any atom is 0.228 e. The van der Waals surface area contributed by atoms with E-state index in [0.29, 0.717) is 30.4 Å². The van der Waals surface area contributed by atoms with E-state index in [1.807, 2.05) is 16.8 Å². The van der Waals surface area contributed by atoms with Gasteiger partial charge in [0, 0.05) is 19.2 Å². The first kappa shape index (κ1) is 9.64. The van der Waals surface area contributed by atoms with Gasteiger partial charge in [-0.25, -0.2) is 0 Å². The topological polar surface area (TPSA) is 60.9 Å². The number of rotatable bonds is 4. The van der Waals surface area contributed by atoms with Crippen LogP contribution in [0, 0.1) is 6.92 Å². The molecule has 15 heavy (non-hydrogen) atoms. The molecule has 0 radical (unpaired) electrons. The molecule has 0 aliphatic heterocycles. The third-order valence-electron chi connectivity index (χ3n) is 2.12. The second kappa shape index (κ2) is 4.08. The molecule has 0 bridgehead atoms. The standard InChI is InChI=1S/C10H11N3O2/c1-8-11-10(15-12-8)4-6-13-5-2-3-9(13)7-14/h2-3,5,7H,4,6H2,1H3. The van der Waals surface area contributed by atoms with Crippen molar-refractivity contribution in [1.29, 1.82) is 0 Å². The molecule has 2 rings (SSSR count). The minimum Gasteiger partial charge on any atom is -0.345 e. The minimum absolute atomic E-state index is 0.595. The van der Waals surface area contributed by atoms with Gasteiger partial charge in [0.05, 0.1) is 5.69 Å². The number of aryl methyl sites for hydroxylation is 3. The van der Waals surface area contributed by atoms with E-state index in [1.54, 1.807) is 13.0 Å². The Morgan fingerprint density at radius 2 is 2.47 bits per heavy atom. The second-order valence-electron chi connectivity index (χ2n) is 3.23. The zero-order valence-corrected chi connectivity index (χ0v) is 8.38. The predicted octanol–water partition coefficient (Wildman–Crippen LogP) is 1.23. The monoisotopic (exact) mass is 205 g/mol. The van der Waals surface area contributed by atoms with Crippen molar-refractivity contribution in [3.05, 3.63) is 35.7 Å². The summed E-state index contributed by atoms with van der Waals surface area (Å²) in [6.45, 7) is 2.45. The van der Waals surface area contributed by atoms with E-state index in [-0.39, 0.29) is 0 Å². The van der Waals surface area contributed by atoms with Crippen LogP contribution >= 0.6 is 0 Å². The van der Waals surface area contributed by atoms with E-state index in [4.69, 9.17) is 4.52 Å². The van der Waals surface area contributed by atoms with Crippen LogP contribution in [-0.4, -0.2) is 21.0 Å². The lowest BCUT2D eigenvalue weighted by atomic mass is 10.4. The summed E-state index contributed by atoms with van der Waals surface area (Å²) in [7, 11) is 0. The number of carbonyl (C=O) groups excluding carboxylic acids is 1. The highest BCUT2D eigenvalue weighted by Crippen LogP contribution is 2.03. The van der Waals surface area contributed by atoms with Gasteiger partial charge in [0.25, 0.3) is 0 Å². The molecule has 0 atom stereocenters. The van der Waals surface area contributed by atoms with Crippen molar-refractivity contribution < 1.29 is 9.32 Å². The Balaban J connectivity index is 2.01. The first-order valence-corrected chi connectivity index (χ1v) is 4.69. The van der Waals surface area contributed by atoms with Crippen molar-refractivity contribution in [2.45, 2.75) is 19.9 Å². The summed E-state index contributed by atoms with van der Waals surface area (Å²) in [4.78, 5) is 14.7. The van der Waals surface area contributed by atoms with E-state index in [2.05, 4.69) is 10.1 Å². The molecule has 0 spiro atoms. The van der Waals surface area contributed by atoms with Crippen molar-refractivity contribution in [3.63, 3.8) is 0 Å². The van der Waals surface area contributed by atoms with Gasteiger partial charge in [0.1, 0.15) is 0 Å².